The zero-order valence-corrected chi connectivity index (χ0v) is 10.5. The van der Waals surface area contributed by atoms with Crippen LogP contribution >= 0.6 is 11.6 Å². The maximum atomic E-state index is 5.74. The Balaban J connectivity index is 2.15. The molecule has 0 saturated carbocycles. The van der Waals surface area contributed by atoms with E-state index >= 15 is 0 Å². The lowest BCUT2D eigenvalue weighted by Crippen LogP contribution is -2.38. The molecule has 0 amide bonds. The molecule has 1 aromatic heterocycles. The van der Waals surface area contributed by atoms with Gasteiger partial charge in [0.2, 0.25) is 0 Å². The lowest BCUT2D eigenvalue weighted by Gasteiger charge is -2.28. The fourth-order valence-corrected chi connectivity index (χ4v) is 2.28. The van der Waals surface area contributed by atoms with E-state index in [0.29, 0.717) is 11.2 Å². The van der Waals surface area contributed by atoms with Crippen LogP contribution in [-0.2, 0) is 0 Å². The minimum Gasteiger partial charge on any atom is -0.351 e. The molecule has 1 atom stereocenters. The van der Waals surface area contributed by atoms with Crippen molar-refractivity contribution in [2.75, 3.05) is 31.6 Å². The molecule has 88 valence electrons. The first-order valence-electron chi connectivity index (χ1n) is 5.61. The molecule has 0 aromatic carbocycles. The van der Waals surface area contributed by atoms with E-state index in [1.165, 1.54) is 0 Å². The average molecular weight is 241 g/mol. The van der Waals surface area contributed by atoms with Crippen LogP contribution in [0.5, 0.6) is 0 Å². The van der Waals surface area contributed by atoms with Crippen molar-refractivity contribution >= 4 is 17.4 Å². The fourth-order valence-electron chi connectivity index (χ4n) is 2.17. The first-order chi connectivity index (χ1) is 7.66. The van der Waals surface area contributed by atoms with Gasteiger partial charge < -0.3 is 9.80 Å². The Hall–Kier alpha value is -0.870. The summed E-state index contributed by atoms with van der Waals surface area (Å²) < 4.78 is 0. The highest BCUT2D eigenvalue weighted by Crippen LogP contribution is 2.17. The molecule has 2 rings (SSSR count). The van der Waals surface area contributed by atoms with Gasteiger partial charge in [-0.2, -0.15) is 0 Å². The van der Waals surface area contributed by atoms with Crippen molar-refractivity contribution in [3.63, 3.8) is 0 Å². The molecule has 0 N–H and O–H groups in total. The summed E-state index contributed by atoms with van der Waals surface area (Å²) in [6.45, 7) is 5.45. The van der Waals surface area contributed by atoms with Gasteiger partial charge in [-0.3, -0.25) is 0 Å². The second-order valence-corrected chi connectivity index (χ2v) is 4.76. The molecule has 1 aliphatic rings. The zero-order valence-electron chi connectivity index (χ0n) is 9.73. The number of aromatic nitrogens is 2. The quantitative estimate of drug-likeness (QED) is 0.748. The molecule has 0 aliphatic carbocycles. The summed E-state index contributed by atoms with van der Waals surface area (Å²) in [5, 5.41) is 8.49. The Kier molecular flexibility index (Phi) is 3.61. The second kappa shape index (κ2) is 4.97. The van der Waals surface area contributed by atoms with Crippen LogP contribution in [0, 0.1) is 0 Å². The number of halogens is 1. The summed E-state index contributed by atoms with van der Waals surface area (Å²) in [5.41, 5.74) is 0. The van der Waals surface area contributed by atoms with E-state index in [2.05, 4.69) is 34.0 Å². The highest BCUT2D eigenvalue weighted by Gasteiger charge is 2.20. The van der Waals surface area contributed by atoms with Gasteiger partial charge in [-0.25, -0.2) is 0 Å². The molecule has 0 bridgehead atoms. The molecule has 1 unspecified atom stereocenters. The Labute approximate surface area is 101 Å². The van der Waals surface area contributed by atoms with Crippen molar-refractivity contribution in [3.05, 3.63) is 17.3 Å². The molecule has 0 radical (unpaired) electrons. The SMILES string of the molecule is CC1CN(C)CCCN1c1ccc(Cl)nn1. The summed E-state index contributed by atoms with van der Waals surface area (Å²) in [7, 11) is 2.16. The molecular weight excluding hydrogens is 224 g/mol. The van der Waals surface area contributed by atoms with E-state index in [-0.39, 0.29) is 0 Å². The third kappa shape index (κ3) is 2.62. The highest BCUT2D eigenvalue weighted by molar-refractivity contribution is 6.29. The van der Waals surface area contributed by atoms with Crippen LogP contribution in [0.2, 0.25) is 5.15 Å². The van der Waals surface area contributed by atoms with Crippen molar-refractivity contribution in [2.24, 2.45) is 0 Å². The number of nitrogens with zero attached hydrogens (tertiary/aromatic N) is 4. The van der Waals surface area contributed by atoms with Crippen LogP contribution in [0.3, 0.4) is 0 Å². The smallest absolute Gasteiger partial charge is 0.151 e. The van der Waals surface area contributed by atoms with Crippen molar-refractivity contribution < 1.29 is 0 Å². The zero-order chi connectivity index (χ0) is 11.5. The number of hydrogen-bond donors (Lipinski definition) is 0. The lowest BCUT2D eigenvalue weighted by molar-refractivity contribution is 0.337. The van der Waals surface area contributed by atoms with Gasteiger partial charge in [0.1, 0.15) is 0 Å². The predicted molar refractivity (Wildman–Crippen MR) is 66.0 cm³/mol. The van der Waals surface area contributed by atoms with E-state index in [9.17, 15) is 0 Å². The van der Waals surface area contributed by atoms with E-state index in [0.717, 1.165) is 31.9 Å². The molecule has 1 saturated heterocycles. The van der Waals surface area contributed by atoms with E-state index < -0.39 is 0 Å². The predicted octanol–water partition coefficient (Wildman–Crippen LogP) is 1.66. The van der Waals surface area contributed by atoms with Gasteiger partial charge in [-0.15, -0.1) is 10.2 Å². The highest BCUT2D eigenvalue weighted by atomic mass is 35.5. The van der Waals surface area contributed by atoms with Gasteiger partial charge in [-0.05, 0) is 39.1 Å². The summed E-state index contributed by atoms with van der Waals surface area (Å²) in [5.74, 6) is 0.923. The molecular formula is C11H17ClN4. The van der Waals surface area contributed by atoms with Crippen molar-refractivity contribution in [3.8, 4) is 0 Å². The van der Waals surface area contributed by atoms with Crippen LogP contribution in [0.15, 0.2) is 12.1 Å². The summed E-state index contributed by atoms with van der Waals surface area (Å²) in [6, 6.07) is 4.20. The molecule has 1 aromatic rings. The largest absolute Gasteiger partial charge is 0.351 e. The van der Waals surface area contributed by atoms with Gasteiger partial charge in [-0.1, -0.05) is 11.6 Å². The molecule has 1 fully saturated rings. The molecule has 5 heteroatoms. The summed E-state index contributed by atoms with van der Waals surface area (Å²) in [6.07, 6.45) is 1.16. The molecule has 16 heavy (non-hydrogen) atoms. The van der Waals surface area contributed by atoms with Crippen molar-refractivity contribution in [2.45, 2.75) is 19.4 Å². The van der Waals surface area contributed by atoms with Gasteiger partial charge in [0.05, 0.1) is 0 Å². The Morgan fingerprint density at radius 3 is 2.81 bits per heavy atom. The molecule has 1 aliphatic heterocycles. The molecule has 0 spiro atoms. The Bertz CT molecular complexity index is 340. The fraction of sp³-hybridized carbons (Fsp3) is 0.636. The Morgan fingerprint density at radius 2 is 2.12 bits per heavy atom. The standard InChI is InChI=1S/C11H17ClN4/c1-9-8-15(2)6-3-7-16(9)11-5-4-10(12)13-14-11/h4-5,9H,3,6-8H2,1-2H3. The maximum absolute atomic E-state index is 5.74. The van der Waals surface area contributed by atoms with Gasteiger partial charge >= 0.3 is 0 Å². The minimum atomic E-state index is 0.448. The van der Waals surface area contributed by atoms with Crippen LogP contribution in [0.1, 0.15) is 13.3 Å². The molecule has 4 nitrogen and oxygen atoms in total. The van der Waals surface area contributed by atoms with Crippen LogP contribution in [0.4, 0.5) is 5.82 Å². The van der Waals surface area contributed by atoms with E-state index in [4.69, 9.17) is 11.6 Å². The van der Waals surface area contributed by atoms with Crippen LogP contribution in [-0.4, -0.2) is 47.8 Å². The number of rotatable bonds is 1. The average Bonchev–Trinajstić information content (AvgIpc) is 2.41. The van der Waals surface area contributed by atoms with Gasteiger partial charge in [0, 0.05) is 19.1 Å². The maximum Gasteiger partial charge on any atom is 0.151 e. The summed E-state index contributed by atoms with van der Waals surface area (Å²) >= 11 is 5.74. The van der Waals surface area contributed by atoms with Gasteiger partial charge in [0.15, 0.2) is 11.0 Å². The number of anilines is 1. The number of likely N-dealkylation sites (N-methyl/N-ethyl adjacent to an activating group) is 1. The first-order valence-corrected chi connectivity index (χ1v) is 5.99. The van der Waals surface area contributed by atoms with Crippen molar-refractivity contribution in [1.29, 1.82) is 0 Å². The minimum absolute atomic E-state index is 0.448. The lowest BCUT2D eigenvalue weighted by atomic mass is 10.2. The third-order valence-corrected chi connectivity index (χ3v) is 3.16. The third-order valence-electron chi connectivity index (χ3n) is 2.96. The molecule has 2 heterocycles. The normalized spacial score (nSPS) is 23.2. The monoisotopic (exact) mass is 240 g/mol. The first kappa shape index (κ1) is 11.6. The van der Waals surface area contributed by atoms with E-state index in [1.54, 1.807) is 6.07 Å². The van der Waals surface area contributed by atoms with Gasteiger partial charge in [0.25, 0.3) is 0 Å². The topological polar surface area (TPSA) is 32.3 Å². The van der Waals surface area contributed by atoms with Crippen molar-refractivity contribution in [1.82, 2.24) is 15.1 Å². The summed E-state index contributed by atoms with van der Waals surface area (Å²) in [4.78, 5) is 4.65. The van der Waals surface area contributed by atoms with Crippen LogP contribution < -0.4 is 4.90 Å². The van der Waals surface area contributed by atoms with E-state index in [1.807, 2.05) is 6.07 Å². The van der Waals surface area contributed by atoms with Crippen LogP contribution in [0.25, 0.3) is 0 Å². The Morgan fingerprint density at radius 1 is 1.31 bits per heavy atom. The second-order valence-electron chi connectivity index (χ2n) is 4.37. The number of hydrogen-bond acceptors (Lipinski definition) is 4.